The third-order valence-corrected chi connectivity index (χ3v) is 3.66. The largest absolute Gasteiger partial charge is 0.493 e. The fourth-order valence-electron chi connectivity index (χ4n) is 2.59. The van der Waals surface area contributed by atoms with E-state index in [0.717, 1.165) is 12.0 Å². The van der Waals surface area contributed by atoms with Crippen molar-refractivity contribution in [3.8, 4) is 11.5 Å². The van der Waals surface area contributed by atoms with Crippen molar-refractivity contribution >= 4 is 11.9 Å². The highest BCUT2D eigenvalue weighted by Crippen LogP contribution is 2.28. The first-order chi connectivity index (χ1) is 10.1. The van der Waals surface area contributed by atoms with Gasteiger partial charge >= 0.3 is 5.97 Å². The molecule has 1 atom stereocenters. The van der Waals surface area contributed by atoms with Gasteiger partial charge in [0.2, 0.25) is 5.91 Å². The summed E-state index contributed by atoms with van der Waals surface area (Å²) in [6, 6.07) is 4.56. The van der Waals surface area contributed by atoms with Gasteiger partial charge in [-0.3, -0.25) is 4.79 Å². The van der Waals surface area contributed by atoms with Gasteiger partial charge in [-0.05, 0) is 30.5 Å². The predicted molar refractivity (Wildman–Crippen MR) is 75.6 cm³/mol. The first kappa shape index (κ1) is 15.2. The highest BCUT2D eigenvalue weighted by Gasteiger charge is 2.33. The minimum Gasteiger partial charge on any atom is -0.493 e. The minimum atomic E-state index is -0.937. The average molecular weight is 293 g/mol. The summed E-state index contributed by atoms with van der Waals surface area (Å²) in [7, 11) is 3.08. The maximum atomic E-state index is 12.3. The van der Waals surface area contributed by atoms with Gasteiger partial charge in [0.05, 0.1) is 20.6 Å². The SMILES string of the molecule is COc1ccc(CC(=O)N2CCC[C@@H]2C(=O)O)cc1OC. The number of carboxylic acid groups (broad SMARTS) is 1. The number of methoxy groups -OCH3 is 2. The highest BCUT2D eigenvalue weighted by molar-refractivity contribution is 5.85. The standard InChI is InChI=1S/C15H19NO5/c1-20-12-6-5-10(8-13(12)21-2)9-14(17)16-7-3-4-11(16)15(18)19/h5-6,8,11H,3-4,7,9H2,1-2H3,(H,18,19)/t11-/m1/s1. The van der Waals surface area contributed by atoms with Crippen LogP contribution >= 0.6 is 0 Å². The van der Waals surface area contributed by atoms with Crippen molar-refractivity contribution < 1.29 is 24.2 Å². The van der Waals surface area contributed by atoms with E-state index in [1.54, 1.807) is 25.3 Å². The normalized spacial score (nSPS) is 17.6. The van der Waals surface area contributed by atoms with Gasteiger partial charge in [-0.2, -0.15) is 0 Å². The Bertz CT molecular complexity index is 543. The molecule has 0 aliphatic carbocycles. The minimum absolute atomic E-state index is 0.157. The lowest BCUT2D eigenvalue weighted by Gasteiger charge is -2.21. The number of hydrogen-bond donors (Lipinski definition) is 1. The van der Waals surface area contributed by atoms with Crippen molar-refractivity contribution in [3.63, 3.8) is 0 Å². The molecule has 0 spiro atoms. The third kappa shape index (κ3) is 3.26. The summed E-state index contributed by atoms with van der Waals surface area (Å²) in [6.45, 7) is 0.503. The van der Waals surface area contributed by atoms with Crippen LogP contribution in [0.25, 0.3) is 0 Å². The fourth-order valence-corrected chi connectivity index (χ4v) is 2.59. The fraction of sp³-hybridized carbons (Fsp3) is 0.467. The molecule has 1 N–H and O–H groups in total. The monoisotopic (exact) mass is 293 g/mol. The summed E-state index contributed by atoms with van der Waals surface area (Å²) in [5.41, 5.74) is 0.772. The lowest BCUT2D eigenvalue weighted by molar-refractivity contribution is -0.148. The van der Waals surface area contributed by atoms with Crippen molar-refractivity contribution in [2.24, 2.45) is 0 Å². The van der Waals surface area contributed by atoms with Crippen LogP contribution in [0.5, 0.6) is 11.5 Å². The molecule has 6 nitrogen and oxygen atoms in total. The quantitative estimate of drug-likeness (QED) is 0.886. The molecule has 1 aromatic carbocycles. The van der Waals surface area contributed by atoms with Crippen molar-refractivity contribution in [2.45, 2.75) is 25.3 Å². The summed E-state index contributed by atoms with van der Waals surface area (Å²) in [6.07, 6.45) is 1.41. The van der Waals surface area contributed by atoms with Gasteiger partial charge in [-0.1, -0.05) is 6.07 Å². The maximum absolute atomic E-state index is 12.3. The van der Waals surface area contributed by atoms with Crippen LogP contribution in [-0.4, -0.2) is 48.7 Å². The number of aliphatic carboxylic acids is 1. The Morgan fingerprint density at radius 1 is 1.29 bits per heavy atom. The van der Waals surface area contributed by atoms with Gasteiger partial charge in [-0.15, -0.1) is 0 Å². The van der Waals surface area contributed by atoms with Gasteiger partial charge in [0, 0.05) is 6.54 Å². The number of carbonyl (C=O) groups excluding carboxylic acids is 1. The number of ether oxygens (including phenoxy) is 2. The molecule has 1 fully saturated rings. The second-order valence-electron chi connectivity index (χ2n) is 4.95. The van der Waals surface area contributed by atoms with Gasteiger partial charge in [0.1, 0.15) is 6.04 Å². The zero-order valence-electron chi connectivity index (χ0n) is 12.2. The Morgan fingerprint density at radius 2 is 2.00 bits per heavy atom. The molecule has 1 aliphatic rings. The number of nitrogens with zero attached hydrogens (tertiary/aromatic N) is 1. The van der Waals surface area contributed by atoms with E-state index in [1.807, 2.05) is 0 Å². The maximum Gasteiger partial charge on any atom is 0.326 e. The van der Waals surface area contributed by atoms with E-state index in [-0.39, 0.29) is 12.3 Å². The molecule has 0 aromatic heterocycles. The van der Waals surface area contributed by atoms with Crippen molar-refractivity contribution in [3.05, 3.63) is 23.8 Å². The predicted octanol–water partition coefficient (Wildman–Crippen LogP) is 1.32. The summed E-state index contributed by atoms with van der Waals surface area (Å²) < 4.78 is 10.3. The Balaban J connectivity index is 2.11. The number of carboxylic acids is 1. The van der Waals surface area contributed by atoms with E-state index in [0.29, 0.717) is 24.5 Å². The summed E-state index contributed by atoms with van der Waals surface area (Å²) in [5.74, 6) is 0.0394. The van der Waals surface area contributed by atoms with Crippen LogP contribution < -0.4 is 9.47 Å². The topological polar surface area (TPSA) is 76.1 Å². The molecule has 0 bridgehead atoms. The van der Waals surface area contributed by atoms with E-state index in [2.05, 4.69) is 0 Å². The van der Waals surface area contributed by atoms with E-state index >= 15 is 0 Å². The van der Waals surface area contributed by atoms with Crippen molar-refractivity contribution in [1.82, 2.24) is 4.90 Å². The number of likely N-dealkylation sites (tertiary alicyclic amines) is 1. The number of rotatable bonds is 5. The van der Waals surface area contributed by atoms with Gasteiger partial charge < -0.3 is 19.5 Å². The second kappa shape index (κ2) is 6.47. The lowest BCUT2D eigenvalue weighted by atomic mass is 10.1. The van der Waals surface area contributed by atoms with Crippen LogP contribution in [0.3, 0.4) is 0 Å². The molecule has 6 heteroatoms. The Labute approximate surface area is 123 Å². The zero-order chi connectivity index (χ0) is 15.4. The molecule has 114 valence electrons. The van der Waals surface area contributed by atoms with E-state index in [1.165, 1.54) is 12.0 Å². The van der Waals surface area contributed by atoms with E-state index in [4.69, 9.17) is 14.6 Å². The molecular formula is C15H19NO5. The second-order valence-corrected chi connectivity index (χ2v) is 4.95. The first-order valence-corrected chi connectivity index (χ1v) is 6.80. The molecular weight excluding hydrogens is 274 g/mol. The molecule has 2 rings (SSSR count). The Morgan fingerprint density at radius 3 is 2.62 bits per heavy atom. The number of hydrogen-bond acceptors (Lipinski definition) is 4. The summed E-state index contributed by atoms with van der Waals surface area (Å²) in [5, 5.41) is 9.12. The van der Waals surface area contributed by atoms with E-state index in [9.17, 15) is 9.59 Å². The van der Waals surface area contributed by atoms with Crippen LogP contribution in [0, 0.1) is 0 Å². The molecule has 1 aromatic rings. The number of carbonyl (C=O) groups is 2. The molecule has 1 amide bonds. The van der Waals surface area contributed by atoms with Crippen molar-refractivity contribution in [1.29, 1.82) is 0 Å². The number of amides is 1. The summed E-state index contributed by atoms with van der Waals surface area (Å²) in [4.78, 5) is 24.8. The van der Waals surface area contributed by atoms with Crippen LogP contribution in [-0.2, 0) is 16.0 Å². The highest BCUT2D eigenvalue weighted by atomic mass is 16.5. The molecule has 0 unspecified atom stereocenters. The third-order valence-electron chi connectivity index (χ3n) is 3.66. The first-order valence-electron chi connectivity index (χ1n) is 6.80. The Kier molecular flexibility index (Phi) is 4.67. The van der Waals surface area contributed by atoms with Crippen LogP contribution in [0.4, 0.5) is 0 Å². The van der Waals surface area contributed by atoms with Crippen LogP contribution in [0.15, 0.2) is 18.2 Å². The smallest absolute Gasteiger partial charge is 0.326 e. The van der Waals surface area contributed by atoms with Gasteiger partial charge in [0.25, 0.3) is 0 Å². The molecule has 21 heavy (non-hydrogen) atoms. The molecule has 1 heterocycles. The molecule has 0 radical (unpaired) electrons. The zero-order valence-corrected chi connectivity index (χ0v) is 12.2. The molecule has 1 aliphatic heterocycles. The van der Waals surface area contributed by atoms with Crippen molar-refractivity contribution in [2.75, 3.05) is 20.8 Å². The van der Waals surface area contributed by atoms with Crippen LogP contribution in [0.1, 0.15) is 18.4 Å². The van der Waals surface area contributed by atoms with E-state index < -0.39 is 12.0 Å². The Hall–Kier alpha value is -2.24. The van der Waals surface area contributed by atoms with Gasteiger partial charge in [-0.25, -0.2) is 4.79 Å². The molecule has 0 saturated carbocycles. The summed E-state index contributed by atoms with van der Waals surface area (Å²) >= 11 is 0. The average Bonchev–Trinajstić information content (AvgIpc) is 2.96. The number of benzene rings is 1. The van der Waals surface area contributed by atoms with Crippen LogP contribution in [0.2, 0.25) is 0 Å². The lowest BCUT2D eigenvalue weighted by Crippen LogP contribution is -2.41. The molecule has 1 saturated heterocycles. The van der Waals surface area contributed by atoms with Gasteiger partial charge in [0.15, 0.2) is 11.5 Å².